The lowest BCUT2D eigenvalue weighted by Gasteiger charge is -2.33. The Hall–Kier alpha value is -3.58. The first-order valence-corrected chi connectivity index (χ1v) is 12.0. The molecule has 0 saturated heterocycles. The Balaban J connectivity index is 0.00000199. The second-order valence-electron chi connectivity index (χ2n) is 7.24. The first kappa shape index (κ1) is 26.7. The minimum absolute atomic E-state index is 0.0853. The number of anilines is 3. The summed E-state index contributed by atoms with van der Waals surface area (Å²) in [4.78, 5) is 20.5. The molecule has 2 heterocycles. The number of ether oxygens (including phenoxy) is 1. The molecule has 7 heteroatoms. The van der Waals surface area contributed by atoms with Gasteiger partial charge in [0.15, 0.2) is 12.1 Å². The predicted octanol–water partition coefficient (Wildman–Crippen LogP) is 6.36. The van der Waals surface area contributed by atoms with Gasteiger partial charge in [0.05, 0.1) is 17.7 Å². The van der Waals surface area contributed by atoms with Gasteiger partial charge in [-0.3, -0.25) is 4.79 Å². The summed E-state index contributed by atoms with van der Waals surface area (Å²) < 4.78 is 5.29. The Labute approximate surface area is 207 Å². The number of aldehydes is 1. The van der Waals surface area contributed by atoms with Gasteiger partial charge in [0.25, 0.3) is 0 Å². The summed E-state index contributed by atoms with van der Waals surface area (Å²) in [6.45, 7) is 16.6. The van der Waals surface area contributed by atoms with Crippen LogP contribution in [0.15, 0.2) is 72.9 Å². The van der Waals surface area contributed by atoms with Crippen molar-refractivity contribution < 1.29 is 9.53 Å². The lowest BCUT2D eigenvalue weighted by atomic mass is 10.00. The first-order chi connectivity index (χ1) is 16.4. The molecule has 34 heavy (non-hydrogen) atoms. The number of aliphatic imine (C=N–C) groups is 1. The van der Waals surface area contributed by atoms with Crippen molar-refractivity contribution >= 4 is 51.3 Å². The third-order valence-electron chi connectivity index (χ3n) is 5.31. The monoisotopic (exact) mass is 478 g/mol. The van der Waals surface area contributed by atoms with Crippen LogP contribution in [0, 0.1) is 0 Å². The third-order valence-corrected chi connectivity index (χ3v) is 6.37. The summed E-state index contributed by atoms with van der Waals surface area (Å²) in [5.74, 6) is 0.440. The molecule has 1 aliphatic heterocycles. The fourth-order valence-corrected chi connectivity index (χ4v) is 4.67. The van der Waals surface area contributed by atoms with E-state index in [4.69, 9.17) is 10.5 Å². The second kappa shape index (κ2) is 12.6. The van der Waals surface area contributed by atoms with Crippen molar-refractivity contribution in [2.75, 3.05) is 30.5 Å². The van der Waals surface area contributed by atoms with E-state index in [9.17, 15) is 4.79 Å². The minimum Gasteiger partial charge on any atom is -0.496 e. The molecule has 0 aliphatic carbocycles. The van der Waals surface area contributed by atoms with E-state index in [1.807, 2.05) is 44.0 Å². The standard InChI is InChI=1S/C25H28N4O2S.C2H6/c1-6-9-19(7-2)29-13-8-10-18-11-12-20(14-21(18)29)28(4)22-15-23(17(3)31-5)32-25(22)27-24(26)16-30;1-2/h6-7,9,11-12,14-16H,1-3,8,10,13H2,4-5H3,(H2,26,27);1-2H3/b19-9+;. The molecule has 0 fully saturated rings. The number of rotatable bonds is 9. The SMILES string of the molecule is C=C/C=C(\C=C)N1CCCc2ccc(N(C)c3cc(C(=C)OC)sc3/N=C(/N)C=O)cc21.CC. The van der Waals surface area contributed by atoms with Gasteiger partial charge in [-0.2, -0.15) is 0 Å². The number of methoxy groups -OCH3 is 1. The Bertz CT molecular complexity index is 1110. The van der Waals surface area contributed by atoms with Crippen molar-refractivity contribution in [3.8, 4) is 0 Å². The normalized spacial score (nSPS) is 13.2. The number of amidine groups is 1. The van der Waals surface area contributed by atoms with Crippen LogP contribution in [0.25, 0.3) is 5.76 Å². The molecular formula is C27H34N4O2S. The summed E-state index contributed by atoms with van der Waals surface area (Å²) in [6, 6.07) is 8.35. The molecule has 0 atom stereocenters. The van der Waals surface area contributed by atoms with E-state index in [0.29, 0.717) is 17.0 Å². The van der Waals surface area contributed by atoms with Gasteiger partial charge in [-0.1, -0.05) is 45.7 Å². The highest BCUT2D eigenvalue weighted by molar-refractivity contribution is 7.17. The number of carbonyl (C=O) groups is 1. The summed E-state index contributed by atoms with van der Waals surface area (Å²) in [5, 5.41) is 0.609. The van der Waals surface area contributed by atoms with Crippen LogP contribution in [0.1, 0.15) is 30.7 Å². The Kier molecular flexibility index (Phi) is 9.89. The van der Waals surface area contributed by atoms with Gasteiger partial charge in [0.1, 0.15) is 10.8 Å². The smallest absolute Gasteiger partial charge is 0.184 e. The van der Waals surface area contributed by atoms with Gasteiger partial charge in [-0.15, -0.1) is 11.3 Å². The van der Waals surface area contributed by atoms with Crippen LogP contribution in [-0.4, -0.2) is 32.8 Å². The second-order valence-corrected chi connectivity index (χ2v) is 8.27. The molecule has 0 unspecified atom stereocenters. The Morgan fingerprint density at radius 3 is 2.65 bits per heavy atom. The fourth-order valence-electron chi connectivity index (χ4n) is 3.64. The predicted molar refractivity (Wildman–Crippen MR) is 148 cm³/mol. The van der Waals surface area contributed by atoms with E-state index < -0.39 is 0 Å². The zero-order chi connectivity index (χ0) is 25.3. The molecule has 0 saturated carbocycles. The molecule has 1 aliphatic rings. The quantitative estimate of drug-likeness (QED) is 0.149. The number of thiophene rings is 1. The number of fused-ring (bicyclic) bond motifs is 1. The lowest BCUT2D eigenvalue weighted by Crippen LogP contribution is -2.28. The van der Waals surface area contributed by atoms with Crippen LogP contribution in [0.4, 0.5) is 22.1 Å². The van der Waals surface area contributed by atoms with Crippen LogP contribution in [0.3, 0.4) is 0 Å². The van der Waals surface area contributed by atoms with Crippen molar-refractivity contribution in [2.24, 2.45) is 10.7 Å². The van der Waals surface area contributed by atoms with Gasteiger partial charge in [-0.05, 0) is 48.8 Å². The number of carbonyl (C=O) groups excluding carboxylic acids is 1. The zero-order valence-electron chi connectivity index (χ0n) is 20.5. The van der Waals surface area contributed by atoms with Crippen molar-refractivity contribution in [1.82, 2.24) is 0 Å². The number of hydrogen-bond donors (Lipinski definition) is 1. The zero-order valence-corrected chi connectivity index (χ0v) is 21.3. The van der Waals surface area contributed by atoms with E-state index in [1.165, 1.54) is 16.9 Å². The molecular weight excluding hydrogens is 444 g/mol. The van der Waals surface area contributed by atoms with Crippen LogP contribution in [-0.2, 0) is 16.0 Å². The third kappa shape index (κ3) is 5.85. The van der Waals surface area contributed by atoms with Gasteiger partial charge >= 0.3 is 0 Å². The molecule has 0 bridgehead atoms. The summed E-state index contributed by atoms with van der Waals surface area (Å²) >= 11 is 1.37. The van der Waals surface area contributed by atoms with E-state index in [0.717, 1.165) is 47.0 Å². The molecule has 0 spiro atoms. The van der Waals surface area contributed by atoms with Crippen LogP contribution in [0.2, 0.25) is 0 Å². The number of nitrogens with zero attached hydrogens (tertiary/aromatic N) is 3. The van der Waals surface area contributed by atoms with Gasteiger partial charge < -0.3 is 20.3 Å². The fraction of sp³-hybridized carbons (Fsp3) is 0.259. The molecule has 2 aromatic rings. The lowest BCUT2D eigenvalue weighted by molar-refractivity contribution is -0.102. The average molecular weight is 479 g/mol. The maximum atomic E-state index is 11.1. The van der Waals surface area contributed by atoms with E-state index in [1.54, 1.807) is 13.2 Å². The highest BCUT2D eigenvalue weighted by Gasteiger charge is 2.22. The van der Waals surface area contributed by atoms with Gasteiger partial charge in [0.2, 0.25) is 0 Å². The first-order valence-electron chi connectivity index (χ1n) is 11.2. The highest BCUT2D eigenvalue weighted by Crippen LogP contribution is 2.44. The average Bonchev–Trinajstić information content (AvgIpc) is 3.30. The van der Waals surface area contributed by atoms with Crippen molar-refractivity contribution in [2.45, 2.75) is 26.7 Å². The summed E-state index contributed by atoms with van der Waals surface area (Å²) in [6.07, 6.45) is 8.22. The molecule has 1 aromatic heterocycles. The summed E-state index contributed by atoms with van der Waals surface area (Å²) in [5.41, 5.74) is 10.9. The maximum absolute atomic E-state index is 11.1. The summed E-state index contributed by atoms with van der Waals surface area (Å²) in [7, 11) is 3.53. The van der Waals surface area contributed by atoms with Crippen molar-refractivity contribution in [3.05, 3.63) is 78.4 Å². The van der Waals surface area contributed by atoms with Crippen molar-refractivity contribution in [1.29, 1.82) is 0 Å². The number of allylic oxidation sites excluding steroid dienone is 3. The topological polar surface area (TPSA) is 71.2 Å². The molecule has 3 rings (SSSR count). The van der Waals surface area contributed by atoms with E-state index in [-0.39, 0.29) is 5.84 Å². The highest BCUT2D eigenvalue weighted by atomic mass is 32.1. The van der Waals surface area contributed by atoms with E-state index >= 15 is 0 Å². The molecule has 1 aromatic carbocycles. The molecule has 180 valence electrons. The van der Waals surface area contributed by atoms with Gasteiger partial charge in [-0.25, -0.2) is 4.99 Å². The molecule has 0 amide bonds. The Morgan fingerprint density at radius 2 is 2.03 bits per heavy atom. The Morgan fingerprint density at radius 1 is 1.29 bits per heavy atom. The van der Waals surface area contributed by atoms with E-state index in [2.05, 4.69) is 47.8 Å². The molecule has 2 N–H and O–H groups in total. The van der Waals surface area contributed by atoms with Crippen LogP contribution < -0.4 is 15.5 Å². The largest absolute Gasteiger partial charge is 0.496 e. The number of benzene rings is 1. The number of hydrogen-bond acceptors (Lipinski definition) is 6. The van der Waals surface area contributed by atoms with Crippen LogP contribution in [0.5, 0.6) is 0 Å². The maximum Gasteiger partial charge on any atom is 0.184 e. The number of aryl methyl sites for hydroxylation is 1. The molecule has 0 radical (unpaired) electrons. The number of nitrogens with two attached hydrogens (primary N) is 1. The molecule has 6 nitrogen and oxygen atoms in total. The van der Waals surface area contributed by atoms with Crippen LogP contribution >= 0.6 is 11.3 Å². The van der Waals surface area contributed by atoms with Crippen molar-refractivity contribution in [3.63, 3.8) is 0 Å². The van der Waals surface area contributed by atoms with Gasteiger partial charge in [0, 0.05) is 30.7 Å². The minimum atomic E-state index is -0.0853.